The average molecular weight is 286 g/mol. The van der Waals surface area contributed by atoms with E-state index in [1.165, 1.54) is 0 Å². The van der Waals surface area contributed by atoms with Gasteiger partial charge in [0.2, 0.25) is 11.5 Å². The van der Waals surface area contributed by atoms with Crippen molar-refractivity contribution in [1.82, 2.24) is 10.3 Å². The number of nitrogens with one attached hydrogen (secondary N) is 1. The summed E-state index contributed by atoms with van der Waals surface area (Å²) in [5, 5.41) is 11.6. The highest BCUT2D eigenvalue weighted by Crippen LogP contribution is 2.31. The molecule has 0 saturated carbocycles. The number of hydrogen-bond donors (Lipinski definition) is 2. The van der Waals surface area contributed by atoms with Crippen molar-refractivity contribution in [3.8, 4) is 10.4 Å². The summed E-state index contributed by atoms with van der Waals surface area (Å²) in [7, 11) is 0. The number of benzene rings is 1. The predicted molar refractivity (Wildman–Crippen MR) is 76.4 cm³/mol. The van der Waals surface area contributed by atoms with Crippen molar-refractivity contribution < 1.29 is 9.42 Å². The van der Waals surface area contributed by atoms with Crippen LogP contribution in [0.1, 0.15) is 10.5 Å². The fraction of sp³-hybridized carbons (Fsp3) is 0. The molecular formula is C13H10N4O2S. The Morgan fingerprint density at radius 1 is 1.20 bits per heavy atom. The zero-order chi connectivity index (χ0) is 13.9. The minimum Gasteiger partial charge on any atom is -0.379 e. The first-order valence-electron chi connectivity index (χ1n) is 5.78. The lowest BCUT2D eigenvalue weighted by molar-refractivity contribution is 0.101. The van der Waals surface area contributed by atoms with Gasteiger partial charge in [-0.15, -0.1) is 11.3 Å². The third kappa shape index (κ3) is 2.26. The third-order valence-electron chi connectivity index (χ3n) is 2.69. The molecular weight excluding hydrogens is 276 g/mol. The number of rotatable bonds is 3. The van der Waals surface area contributed by atoms with E-state index in [4.69, 9.17) is 5.73 Å². The van der Waals surface area contributed by atoms with Crippen LogP contribution in [-0.4, -0.2) is 16.2 Å². The summed E-state index contributed by atoms with van der Waals surface area (Å²) in [4.78, 5) is 13.1. The molecule has 3 rings (SSSR count). The number of amides is 1. The van der Waals surface area contributed by atoms with Crippen molar-refractivity contribution in [3.63, 3.8) is 0 Å². The van der Waals surface area contributed by atoms with Gasteiger partial charge in [0, 0.05) is 16.1 Å². The van der Waals surface area contributed by atoms with Crippen LogP contribution in [0, 0.1) is 0 Å². The Bertz CT molecular complexity index is 736. The molecule has 1 aromatic carbocycles. The van der Waals surface area contributed by atoms with E-state index < -0.39 is 5.91 Å². The molecule has 0 saturated heterocycles. The fourth-order valence-electron chi connectivity index (χ4n) is 1.77. The number of nitrogens with two attached hydrogens (primary N) is 1. The van der Waals surface area contributed by atoms with Gasteiger partial charge in [0.25, 0.3) is 5.91 Å². The molecule has 2 heterocycles. The topological polar surface area (TPSA) is 94.0 Å². The Morgan fingerprint density at radius 2 is 2.05 bits per heavy atom. The van der Waals surface area contributed by atoms with Gasteiger partial charge in [-0.1, -0.05) is 24.3 Å². The molecule has 0 aliphatic heterocycles. The van der Waals surface area contributed by atoms with Crippen molar-refractivity contribution in [3.05, 3.63) is 47.5 Å². The molecule has 6 nitrogen and oxygen atoms in total. The molecule has 0 aliphatic rings. The largest absolute Gasteiger partial charge is 0.379 e. The Morgan fingerprint density at radius 3 is 2.75 bits per heavy atom. The van der Waals surface area contributed by atoms with Crippen LogP contribution in [0.15, 0.2) is 46.4 Å². The van der Waals surface area contributed by atoms with Crippen LogP contribution in [0.25, 0.3) is 10.4 Å². The van der Waals surface area contributed by atoms with Gasteiger partial charge in [-0.25, -0.2) is 4.63 Å². The Hall–Kier alpha value is -2.67. The van der Waals surface area contributed by atoms with Gasteiger partial charge in [0.1, 0.15) is 0 Å². The molecule has 0 spiro atoms. The van der Waals surface area contributed by atoms with Gasteiger partial charge >= 0.3 is 0 Å². The lowest BCUT2D eigenvalue weighted by Gasteiger charge is -2.08. The standard InChI is InChI=1S/C13H10N4O2S/c14-12-11(16-19-17-12)13(18)15-9-5-2-1-4-8(9)10-6-3-7-20-10/h1-7H,(H2,14,17)(H,15,18). The molecule has 0 radical (unpaired) electrons. The van der Waals surface area contributed by atoms with E-state index in [0.29, 0.717) is 5.69 Å². The summed E-state index contributed by atoms with van der Waals surface area (Å²) in [6.45, 7) is 0. The maximum absolute atomic E-state index is 12.1. The fourth-order valence-corrected chi connectivity index (χ4v) is 2.54. The van der Waals surface area contributed by atoms with Crippen molar-refractivity contribution in [2.75, 3.05) is 11.1 Å². The maximum atomic E-state index is 12.1. The van der Waals surface area contributed by atoms with E-state index in [-0.39, 0.29) is 11.5 Å². The molecule has 0 aliphatic carbocycles. The van der Waals surface area contributed by atoms with E-state index in [1.54, 1.807) is 11.3 Å². The summed E-state index contributed by atoms with van der Waals surface area (Å²) in [6, 6.07) is 11.5. The highest BCUT2D eigenvalue weighted by atomic mass is 32.1. The van der Waals surface area contributed by atoms with Crippen LogP contribution in [0.5, 0.6) is 0 Å². The SMILES string of the molecule is Nc1nonc1C(=O)Nc1ccccc1-c1cccs1. The van der Waals surface area contributed by atoms with E-state index in [0.717, 1.165) is 10.4 Å². The first-order valence-corrected chi connectivity index (χ1v) is 6.66. The number of nitrogen functional groups attached to an aromatic ring is 1. The van der Waals surface area contributed by atoms with Crippen molar-refractivity contribution >= 4 is 28.7 Å². The number of thiophene rings is 1. The molecule has 1 amide bonds. The first kappa shape index (κ1) is 12.4. The number of carbonyl (C=O) groups is 1. The van der Waals surface area contributed by atoms with E-state index >= 15 is 0 Å². The van der Waals surface area contributed by atoms with Crippen LogP contribution in [0.3, 0.4) is 0 Å². The van der Waals surface area contributed by atoms with E-state index in [9.17, 15) is 4.79 Å². The van der Waals surface area contributed by atoms with Crippen LogP contribution in [0.4, 0.5) is 11.5 Å². The number of para-hydroxylation sites is 1. The normalized spacial score (nSPS) is 10.4. The molecule has 7 heteroatoms. The van der Waals surface area contributed by atoms with Crippen LogP contribution in [-0.2, 0) is 0 Å². The molecule has 3 N–H and O–H groups in total. The lowest BCUT2D eigenvalue weighted by Crippen LogP contribution is -2.14. The number of nitrogens with zero attached hydrogens (tertiary/aromatic N) is 2. The zero-order valence-electron chi connectivity index (χ0n) is 10.2. The Balaban J connectivity index is 1.92. The van der Waals surface area contributed by atoms with Gasteiger partial charge in [0.15, 0.2) is 0 Å². The summed E-state index contributed by atoms with van der Waals surface area (Å²) < 4.78 is 4.42. The van der Waals surface area contributed by atoms with Crippen LogP contribution in [0.2, 0.25) is 0 Å². The van der Waals surface area contributed by atoms with Gasteiger partial charge in [-0.2, -0.15) is 0 Å². The predicted octanol–water partition coefficient (Wildman–Crippen LogP) is 2.63. The van der Waals surface area contributed by atoms with Crippen molar-refractivity contribution in [1.29, 1.82) is 0 Å². The molecule has 3 aromatic rings. The molecule has 0 fully saturated rings. The number of anilines is 2. The van der Waals surface area contributed by atoms with Gasteiger partial charge < -0.3 is 11.1 Å². The first-order chi connectivity index (χ1) is 9.75. The van der Waals surface area contributed by atoms with E-state index in [1.807, 2.05) is 41.8 Å². The molecule has 0 bridgehead atoms. The number of aromatic nitrogens is 2. The molecule has 0 unspecified atom stereocenters. The molecule has 20 heavy (non-hydrogen) atoms. The summed E-state index contributed by atoms with van der Waals surface area (Å²) in [5.41, 5.74) is 7.10. The van der Waals surface area contributed by atoms with Gasteiger partial charge in [-0.05, 0) is 27.8 Å². The average Bonchev–Trinajstić information content (AvgIpc) is 3.10. The molecule has 0 atom stereocenters. The summed E-state index contributed by atoms with van der Waals surface area (Å²) in [5.74, 6) is -0.483. The van der Waals surface area contributed by atoms with Crippen molar-refractivity contribution in [2.24, 2.45) is 0 Å². The number of hydrogen-bond acceptors (Lipinski definition) is 6. The zero-order valence-corrected chi connectivity index (χ0v) is 11.1. The Labute approximate surface area is 118 Å². The second kappa shape index (κ2) is 5.14. The van der Waals surface area contributed by atoms with Crippen LogP contribution < -0.4 is 11.1 Å². The minimum absolute atomic E-state index is 0.0222. The molecule has 2 aromatic heterocycles. The second-order valence-corrected chi connectivity index (χ2v) is 4.92. The number of carbonyl (C=O) groups excluding carboxylic acids is 1. The Kier molecular flexibility index (Phi) is 3.18. The quantitative estimate of drug-likeness (QED) is 0.772. The maximum Gasteiger partial charge on any atom is 0.281 e. The van der Waals surface area contributed by atoms with Crippen molar-refractivity contribution in [2.45, 2.75) is 0 Å². The molecule has 100 valence electrons. The smallest absolute Gasteiger partial charge is 0.281 e. The highest BCUT2D eigenvalue weighted by Gasteiger charge is 2.17. The summed E-state index contributed by atoms with van der Waals surface area (Å²) >= 11 is 1.60. The summed E-state index contributed by atoms with van der Waals surface area (Å²) in [6.07, 6.45) is 0. The second-order valence-electron chi connectivity index (χ2n) is 3.98. The monoisotopic (exact) mass is 286 g/mol. The minimum atomic E-state index is -0.451. The lowest BCUT2D eigenvalue weighted by atomic mass is 10.1. The highest BCUT2D eigenvalue weighted by molar-refractivity contribution is 7.13. The van der Waals surface area contributed by atoms with Crippen LogP contribution >= 0.6 is 11.3 Å². The third-order valence-corrected chi connectivity index (χ3v) is 3.59. The van der Waals surface area contributed by atoms with Gasteiger partial charge in [0.05, 0.1) is 0 Å². The van der Waals surface area contributed by atoms with Gasteiger partial charge in [-0.3, -0.25) is 4.79 Å². The van der Waals surface area contributed by atoms with E-state index in [2.05, 4.69) is 20.3 Å².